The molecule has 0 bridgehead atoms. The number of benzene rings is 1. The summed E-state index contributed by atoms with van der Waals surface area (Å²) >= 11 is 0. The monoisotopic (exact) mass is 478 g/mol. The van der Waals surface area contributed by atoms with Crippen LogP contribution >= 0.6 is 0 Å². The van der Waals surface area contributed by atoms with Gasteiger partial charge in [-0.25, -0.2) is 0 Å². The van der Waals surface area contributed by atoms with Gasteiger partial charge in [0, 0.05) is 6.42 Å². The number of phenolic OH excluding ortho intramolecular Hbond substituents is 1. The molecule has 1 aromatic rings. The molecule has 0 aliphatic carbocycles. The maximum absolute atomic E-state index is 13.3. The normalized spacial score (nSPS) is 16.3. The van der Waals surface area contributed by atoms with Gasteiger partial charge in [-0.1, -0.05) is 52.7 Å². The molecule has 1 aromatic carbocycles. The molecule has 0 aromatic heterocycles. The van der Waals surface area contributed by atoms with Gasteiger partial charge in [-0.15, -0.1) is 0 Å². The van der Waals surface area contributed by atoms with E-state index in [1.807, 2.05) is 20.8 Å². The van der Waals surface area contributed by atoms with E-state index < -0.39 is 47.9 Å². The van der Waals surface area contributed by atoms with E-state index in [-0.39, 0.29) is 24.0 Å². The van der Waals surface area contributed by atoms with Crippen molar-refractivity contribution in [1.82, 2.24) is 16.0 Å². The van der Waals surface area contributed by atoms with E-state index in [4.69, 9.17) is 10.8 Å². The van der Waals surface area contributed by atoms with Gasteiger partial charge in [0.15, 0.2) is 0 Å². The van der Waals surface area contributed by atoms with E-state index in [0.29, 0.717) is 18.4 Å². The van der Waals surface area contributed by atoms with Gasteiger partial charge in [0.2, 0.25) is 17.7 Å². The maximum Gasteiger partial charge on any atom is 0.325 e. The highest BCUT2D eigenvalue weighted by atomic mass is 16.4. The molecule has 7 N–H and O–H groups in total. The van der Waals surface area contributed by atoms with Crippen molar-refractivity contribution in [3.8, 4) is 5.75 Å². The first-order chi connectivity index (χ1) is 15.9. The van der Waals surface area contributed by atoms with Crippen LogP contribution in [0.2, 0.25) is 0 Å². The number of carboxylic acids is 1. The van der Waals surface area contributed by atoms with Crippen molar-refractivity contribution >= 4 is 23.7 Å². The van der Waals surface area contributed by atoms with Crippen molar-refractivity contribution in [3.05, 3.63) is 29.8 Å². The molecule has 6 atom stereocenters. The van der Waals surface area contributed by atoms with Crippen LogP contribution in [0.5, 0.6) is 5.75 Å². The van der Waals surface area contributed by atoms with Crippen molar-refractivity contribution < 1.29 is 29.4 Å². The molecule has 34 heavy (non-hydrogen) atoms. The molecule has 0 saturated carbocycles. The van der Waals surface area contributed by atoms with Gasteiger partial charge in [0.05, 0.1) is 6.04 Å². The first-order valence-electron chi connectivity index (χ1n) is 11.6. The highest BCUT2D eigenvalue weighted by Gasteiger charge is 2.32. The lowest BCUT2D eigenvalue weighted by molar-refractivity contribution is -0.142. The smallest absolute Gasteiger partial charge is 0.325 e. The van der Waals surface area contributed by atoms with Crippen LogP contribution in [0.25, 0.3) is 0 Å². The Labute approximate surface area is 200 Å². The number of carboxylic acid groups (broad SMARTS) is 1. The Morgan fingerprint density at radius 3 is 1.91 bits per heavy atom. The number of phenols is 1. The summed E-state index contributed by atoms with van der Waals surface area (Å²) in [4.78, 5) is 49.9. The van der Waals surface area contributed by atoms with Crippen LogP contribution in [-0.4, -0.2) is 58.1 Å². The minimum atomic E-state index is -1.20. The minimum Gasteiger partial charge on any atom is -0.508 e. The second-order valence-corrected chi connectivity index (χ2v) is 8.78. The van der Waals surface area contributed by atoms with Crippen LogP contribution in [0, 0.1) is 11.8 Å². The van der Waals surface area contributed by atoms with Crippen LogP contribution in [-0.2, 0) is 25.6 Å². The zero-order valence-electron chi connectivity index (χ0n) is 20.5. The summed E-state index contributed by atoms with van der Waals surface area (Å²) in [7, 11) is 0. The van der Waals surface area contributed by atoms with Gasteiger partial charge in [-0.3, -0.25) is 19.2 Å². The van der Waals surface area contributed by atoms with Gasteiger partial charge in [0.25, 0.3) is 0 Å². The molecule has 0 saturated heterocycles. The average Bonchev–Trinajstić information content (AvgIpc) is 2.81. The Balaban J connectivity index is 3.14. The molecule has 10 heteroatoms. The molecule has 0 aliphatic heterocycles. The predicted molar refractivity (Wildman–Crippen MR) is 128 cm³/mol. The zero-order chi connectivity index (χ0) is 26.0. The zero-order valence-corrected chi connectivity index (χ0v) is 20.5. The van der Waals surface area contributed by atoms with Gasteiger partial charge in [-0.05, 0) is 36.5 Å². The number of hydrogen-bond donors (Lipinski definition) is 6. The molecule has 3 amide bonds. The molecule has 0 fully saturated rings. The van der Waals surface area contributed by atoms with Crippen molar-refractivity contribution in [3.63, 3.8) is 0 Å². The van der Waals surface area contributed by atoms with E-state index in [2.05, 4.69) is 16.0 Å². The lowest BCUT2D eigenvalue weighted by atomic mass is 9.96. The molecule has 1 rings (SSSR count). The number of hydrogen-bond acceptors (Lipinski definition) is 6. The van der Waals surface area contributed by atoms with Gasteiger partial charge in [0.1, 0.15) is 23.9 Å². The summed E-state index contributed by atoms with van der Waals surface area (Å²) < 4.78 is 0. The molecule has 190 valence electrons. The minimum absolute atomic E-state index is 0.0636. The lowest BCUT2D eigenvalue weighted by Crippen LogP contribution is -2.59. The average molecular weight is 479 g/mol. The second kappa shape index (κ2) is 13.5. The van der Waals surface area contributed by atoms with Crippen molar-refractivity contribution in [2.75, 3.05) is 0 Å². The fourth-order valence-electron chi connectivity index (χ4n) is 3.18. The largest absolute Gasteiger partial charge is 0.508 e. The summed E-state index contributed by atoms with van der Waals surface area (Å²) in [5.41, 5.74) is 6.72. The summed E-state index contributed by atoms with van der Waals surface area (Å²) in [5.74, 6) is -3.24. The van der Waals surface area contributed by atoms with E-state index in [0.717, 1.165) is 0 Å². The second-order valence-electron chi connectivity index (χ2n) is 8.78. The van der Waals surface area contributed by atoms with E-state index in [9.17, 15) is 24.3 Å². The molecule has 0 aliphatic rings. The van der Waals surface area contributed by atoms with Crippen LogP contribution < -0.4 is 21.7 Å². The number of aromatic hydroxyl groups is 1. The summed E-state index contributed by atoms with van der Waals surface area (Å²) in [5, 5.41) is 26.4. The number of carbonyl (C=O) groups excluding carboxylic acids is 3. The van der Waals surface area contributed by atoms with Gasteiger partial charge in [-0.2, -0.15) is 0 Å². The number of carbonyl (C=O) groups is 4. The van der Waals surface area contributed by atoms with Crippen LogP contribution in [0.3, 0.4) is 0 Å². The van der Waals surface area contributed by atoms with E-state index >= 15 is 0 Å². The van der Waals surface area contributed by atoms with Crippen molar-refractivity contribution in [2.24, 2.45) is 17.6 Å². The fraction of sp³-hybridized carbons (Fsp3) is 0.583. The Hall–Kier alpha value is -3.14. The molecular weight excluding hydrogens is 440 g/mol. The molecule has 0 radical (unpaired) electrons. The predicted octanol–water partition coefficient (Wildman–Crippen LogP) is 0.913. The lowest BCUT2D eigenvalue weighted by Gasteiger charge is -2.28. The first kappa shape index (κ1) is 28.9. The van der Waals surface area contributed by atoms with Crippen LogP contribution in [0.15, 0.2) is 24.3 Å². The van der Waals surface area contributed by atoms with E-state index in [1.54, 1.807) is 19.1 Å². The van der Waals surface area contributed by atoms with Gasteiger partial charge >= 0.3 is 5.97 Å². The van der Waals surface area contributed by atoms with Crippen LogP contribution in [0.4, 0.5) is 0 Å². The SMILES string of the molecule is CCC(C)C(N)C(=O)NC(Cc1ccc(O)cc1)C(=O)NC(C(=O)NC(C)C(=O)O)C(C)CC. The van der Waals surface area contributed by atoms with Crippen molar-refractivity contribution in [1.29, 1.82) is 0 Å². The Kier molecular flexibility index (Phi) is 11.5. The Morgan fingerprint density at radius 2 is 1.41 bits per heavy atom. The Morgan fingerprint density at radius 1 is 0.853 bits per heavy atom. The summed E-state index contributed by atoms with van der Waals surface area (Å²) in [6.45, 7) is 8.69. The number of rotatable bonds is 13. The van der Waals surface area contributed by atoms with Gasteiger partial charge < -0.3 is 31.9 Å². The number of nitrogens with two attached hydrogens (primary N) is 1. The van der Waals surface area contributed by atoms with Crippen molar-refractivity contribution in [2.45, 2.75) is 78.0 Å². The maximum atomic E-state index is 13.3. The highest BCUT2D eigenvalue weighted by Crippen LogP contribution is 2.14. The molecule has 6 unspecified atom stereocenters. The topological polar surface area (TPSA) is 171 Å². The third-order valence-electron chi connectivity index (χ3n) is 6.09. The van der Waals surface area contributed by atoms with E-state index in [1.165, 1.54) is 19.1 Å². The number of aliphatic carboxylic acids is 1. The third-order valence-corrected chi connectivity index (χ3v) is 6.09. The number of amides is 3. The third kappa shape index (κ3) is 8.66. The summed E-state index contributed by atoms with van der Waals surface area (Å²) in [6.07, 6.45) is 1.33. The first-order valence-corrected chi connectivity index (χ1v) is 11.6. The molecule has 10 nitrogen and oxygen atoms in total. The summed E-state index contributed by atoms with van der Waals surface area (Å²) in [6, 6.07) is 2.22. The molecule has 0 heterocycles. The fourth-order valence-corrected chi connectivity index (χ4v) is 3.18. The van der Waals surface area contributed by atoms with Crippen LogP contribution in [0.1, 0.15) is 53.0 Å². The highest BCUT2D eigenvalue weighted by molar-refractivity contribution is 5.94. The molecular formula is C24H38N4O6. The number of nitrogens with one attached hydrogen (secondary N) is 3. The molecule has 0 spiro atoms. The Bertz CT molecular complexity index is 844. The quantitative estimate of drug-likeness (QED) is 0.245. The standard InChI is InChI=1S/C24H38N4O6/c1-6-13(3)19(25)22(31)27-18(12-16-8-10-17(29)11-9-16)21(30)28-20(14(4)7-2)23(32)26-15(5)24(33)34/h8-11,13-15,18-20,29H,6-7,12,25H2,1-5H3,(H,26,32)(H,27,31)(H,28,30)(H,33,34).